The van der Waals surface area contributed by atoms with Gasteiger partial charge < -0.3 is 14.8 Å². The Morgan fingerprint density at radius 3 is 2.67 bits per heavy atom. The number of rotatable bonds is 3. The van der Waals surface area contributed by atoms with Crippen LogP contribution < -0.4 is 5.32 Å². The zero-order valence-electron chi connectivity index (χ0n) is 10.3. The van der Waals surface area contributed by atoms with Crippen molar-refractivity contribution >= 4 is 27.3 Å². The van der Waals surface area contributed by atoms with Crippen LogP contribution in [0.3, 0.4) is 0 Å². The van der Waals surface area contributed by atoms with Gasteiger partial charge >= 0.3 is 0 Å². The molecule has 2 heterocycles. The predicted molar refractivity (Wildman–Crippen MR) is 75.7 cm³/mol. The molecule has 0 amide bonds. The molecule has 1 aliphatic heterocycles. The average Bonchev–Trinajstić information content (AvgIpc) is 2.99. The first kappa shape index (κ1) is 13.1. The van der Waals surface area contributed by atoms with Crippen molar-refractivity contribution in [1.82, 2.24) is 5.32 Å². The molecule has 5 heteroatoms. The van der Waals surface area contributed by atoms with Gasteiger partial charge in [0, 0.05) is 40.2 Å². The van der Waals surface area contributed by atoms with Crippen molar-refractivity contribution in [2.75, 3.05) is 13.2 Å². The third kappa shape index (κ3) is 2.96. The lowest BCUT2D eigenvalue weighted by Gasteiger charge is -2.35. The van der Waals surface area contributed by atoms with E-state index < -0.39 is 0 Å². The third-order valence-corrected chi connectivity index (χ3v) is 5.45. The maximum absolute atomic E-state index is 5.74. The summed E-state index contributed by atoms with van der Waals surface area (Å²) in [5.41, 5.74) is 0. The normalized spacial score (nSPS) is 23.8. The monoisotopic (exact) mass is 331 g/mol. The van der Waals surface area contributed by atoms with E-state index in [9.17, 15) is 0 Å². The Balaban J connectivity index is 1.45. The molecule has 2 aliphatic rings. The van der Waals surface area contributed by atoms with Gasteiger partial charge in [0.25, 0.3) is 0 Å². The van der Waals surface area contributed by atoms with E-state index in [2.05, 4.69) is 32.7 Å². The lowest BCUT2D eigenvalue weighted by atomic mass is 9.90. The summed E-state index contributed by atoms with van der Waals surface area (Å²) < 4.78 is 12.7. The SMILES string of the molecule is Brc1csc(CNC2CCC3(CC2)OCCO3)c1. The van der Waals surface area contributed by atoms with E-state index in [0.717, 1.165) is 45.4 Å². The molecule has 2 fully saturated rings. The van der Waals surface area contributed by atoms with Gasteiger partial charge in [-0.05, 0) is 34.8 Å². The van der Waals surface area contributed by atoms with Crippen LogP contribution in [0.2, 0.25) is 0 Å². The van der Waals surface area contributed by atoms with Crippen LogP contribution in [0.4, 0.5) is 0 Å². The topological polar surface area (TPSA) is 30.5 Å². The largest absolute Gasteiger partial charge is 0.348 e. The molecule has 1 spiro atoms. The summed E-state index contributed by atoms with van der Waals surface area (Å²) in [6.45, 7) is 2.50. The molecule has 1 aromatic heterocycles. The minimum Gasteiger partial charge on any atom is -0.348 e. The molecule has 0 radical (unpaired) electrons. The van der Waals surface area contributed by atoms with Gasteiger partial charge in [0.1, 0.15) is 0 Å². The fourth-order valence-corrected chi connectivity index (χ4v) is 4.14. The van der Waals surface area contributed by atoms with Gasteiger partial charge in [-0.25, -0.2) is 0 Å². The zero-order chi connectivity index (χ0) is 12.4. The summed E-state index contributed by atoms with van der Waals surface area (Å²) in [5, 5.41) is 5.77. The molecule has 100 valence electrons. The highest BCUT2D eigenvalue weighted by atomic mass is 79.9. The Labute approximate surface area is 120 Å². The third-order valence-electron chi connectivity index (χ3n) is 3.75. The summed E-state index contributed by atoms with van der Waals surface area (Å²) in [6, 6.07) is 2.79. The van der Waals surface area contributed by atoms with E-state index in [1.807, 2.05) is 0 Å². The Bertz CT molecular complexity index is 393. The van der Waals surface area contributed by atoms with Gasteiger partial charge in [-0.2, -0.15) is 0 Å². The first-order chi connectivity index (χ1) is 8.76. The molecule has 1 saturated carbocycles. The summed E-state index contributed by atoms with van der Waals surface area (Å²) in [5.74, 6) is -0.232. The van der Waals surface area contributed by atoms with Gasteiger partial charge in [-0.1, -0.05) is 0 Å². The van der Waals surface area contributed by atoms with Gasteiger partial charge in [0.05, 0.1) is 13.2 Å². The number of hydrogen-bond acceptors (Lipinski definition) is 4. The van der Waals surface area contributed by atoms with Crippen LogP contribution >= 0.6 is 27.3 Å². The van der Waals surface area contributed by atoms with Crippen LogP contribution in [0.25, 0.3) is 0 Å². The molecular formula is C13H18BrNO2S. The molecule has 1 aromatic rings. The van der Waals surface area contributed by atoms with Gasteiger partial charge in [0.2, 0.25) is 0 Å². The molecule has 18 heavy (non-hydrogen) atoms. The number of hydrogen-bond donors (Lipinski definition) is 1. The van der Waals surface area contributed by atoms with Crippen molar-refractivity contribution in [3.8, 4) is 0 Å². The van der Waals surface area contributed by atoms with Crippen LogP contribution in [0.5, 0.6) is 0 Å². The summed E-state index contributed by atoms with van der Waals surface area (Å²) in [7, 11) is 0. The van der Waals surface area contributed by atoms with Crippen LogP contribution in [0.15, 0.2) is 15.9 Å². The highest BCUT2D eigenvalue weighted by Crippen LogP contribution is 2.35. The fourth-order valence-electron chi connectivity index (χ4n) is 2.74. The van der Waals surface area contributed by atoms with E-state index in [0.29, 0.717) is 6.04 Å². The number of halogens is 1. The molecule has 1 N–H and O–H groups in total. The Morgan fingerprint density at radius 2 is 2.06 bits per heavy atom. The van der Waals surface area contributed by atoms with Crippen molar-refractivity contribution < 1.29 is 9.47 Å². The molecule has 1 saturated heterocycles. The van der Waals surface area contributed by atoms with E-state index in [1.54, 1.807) is 11.3 Å². The van der Waals surface area contributed by atoms with Crippen LogP contribution in [-0.4, -0.2) is 25.0 Å². The van der Waals surface area contributed by atoms with E-state index in [1.165, 1.54) is 9.35 Å². The molecular weight excluding hydrogens is 314 g/mol. The zero-order valence-corrected chi connectivity index (χ0v) is 12.7. The Hall–Kier alpha value is 0.0600. The van der Waals surface area contributed by atoms with Gasteiger partial charge in [-0.15, -0.1) is 11.3 Å². The van der Waals surface area contributed by atoms with Crippen molar-refractivity contribution in [3.05, 3.63) is 20.8 Å². The van der Waals surface area contributed by atoms with Crippen molar-refractivity contribution in [2.45, 2.75) is 44.1 Å². The standard InChI is InChI=1S/C13H18BrNO2S/c14-10-7-12(18-9-10)8-15-11-1-3-13(4-2-11)16-5-6-17-13/h7,9,11,15H,1-6,8H2. The van der Waals surface area contributed by atoms with Crippen LogP contribution in [0.1, 0.15) is 30.6 Å². The van der Waals surface area contributed by atoms with Crippen molar-refractivity contribution in [2.24, 2.45) is 0 Å². The minimum atomic E-state index is -0.232. The van der Waals surface area contributed by atoms with E-state index in [-0.39, 0.29) is 5.79 Å². The minimum absolute atomic E-state index is 0.232. The Morgan fingerprint density at radius 1 is 1.33 bits per heavy atom. The van der Waals surface area contributed by atoms with E-state index >= 15 is 0 Å². The first-order valence-electron chi connectivity index (χ1n) is 6.50. The number of ether oxygens (including phenoxy) is 2. The van der Waals surface area contributed by atoms with Gasteiger partial charge in [-0.3, -0.25) is 0 Å². The molecule has 0 atom stereocenters. The fraction of sp³-hybridized carbons (Fsp3) is 0.692. The maximum Gasteiger partial charge on any atom is 0.168 e. The second-order valence-corrected chi connectivity index (χ2v) is 6.91. The molecule has 1 aliphatic carbocycles. The average molecular weight is 332 g/mol. The lowest BCUT2D eigenvalue weighted by molar-refractivity contribution is -0.179. The first-order valence-corrected chi connectivity index (χ1v) is 8.17. The van der Waals surface area contributed by atoms with Gasteiger partial charge in [0.15, 0.2) is 5.79 Å². The lowest BCUT2D eigenvalue weighted by Crippen LogP contribution is -2.41. The Kier molecular flexibility index (Phi) is 4.06. The molecule has 0 unspecified atom stereocenters. The van der Waals surface area contributed by atoms with E-state index in [4.69, 9.17) is 9.47 Å². The van der Waals surface area contributed by atoms with Crippen LogP contribution in [0, 0.1) is 0 Å². The smallest absolute Gasteiger partial charge is 0.168 e. The predicted octanol–water partition coefficient (Wildman–Crippen LogP) is 3.29. The molecule has 0 bridgehead atoms. The number of nitrogens with one attached hydrogen (secondary N) is 1. The van der Waals surface area contributed by atoms with Crippen molar-refractivity contribution in [3.63, 3.8) is 0 Å². The molecule has 3 nitrogen and oxygen atoms in total. The highest BCUT2D eigenvalue weighted by molar-refractivity contribution is 9.10. The summed E-state index contributed by atoms with van der Waals surface area (Å²) in [4.78, 5) is 1.38. The van der Waals surface area contributed by atoms with Crippen molar-refractivity contribution in [1.29, 1.82) is 0 Å². The summed E-state index contributed by atoms with van der Waals surface area (Å²) >= 11 is 5.29. The second kappa shape index (κ2) is 5.59. The number of thiophene rings is 1. The molecule has 3 rings (SSSR count). The molecule has 0 aromatic carbocycles. The highest BCUT2D eigenvalue weighted by Gasteiger charge is 2.40. The van der Waals surface area contributed by atoms with Crippen LogP contribution in [-0.2, 0) is 16.0 Å². The second-order valence-electron chi connectivity index (χ2n) is 4.99. The quantitative estimate of drug-likeness (QED) is 0.921. The summed E-state index contributed by atoms with van der Waals surface area (Å²) in [6.07, 6.45) is 4.34. The maximum atomic E-state index is 5.74.